The number of nitrogens with one attached hydrogen (secondary N) is 1. The molecule has 0 saturated carbocycles. The predicted molar refractivity (Wildman–Crippen MR) is 117 cm³/mol. The number of hydrogen-bond acceptors (Lipinski definition) is 4. The number of nitrogens with two attached hydrogens (primary N) is 1. The van der Waals surface area contributed by atoms with Gasteiger partial charge in [-0.2, -0.15) is 5.10 Å². The first-order chi connectivity index (χ1) is 13.7. The highest BCUT2D eigenvalue weighted by molar-refractivity contribution is 5.86. The minimum atomic E-state index is -0.576. The molecule has 2 aromatic rings. The summed E-state index contributed by atoms with van der Waals surface area (Å²) in [6.07, 6.45) is 1.29. The first-order valence-electron chi connectivity index (χ1n) is 10.1. The Bertz CT molecular complexity index is 767. The summed E-state index contributed by atoms with van der Waals surface area (Å²) >= 11 is 0. The zero-order chi connectivity index (χ0) is 21.4. The number of aromatic nitrogens is 2. The van der Waals surface area contributed by atoms with Gasteiger partial charge in [0.25, 0.3) is 0 Å². The van der Waals surface area contributed by atoms with Crippen LogP contribution >= 0.6 is 0 Å². The fourth-order valence-corrected chi connectivity index (χ4v) is 3.33. The molecule has 3 rings (SSSR count). The van der Waals surface area contributed by atoms with Crippen LogP contribution in [0.15, 0.2) is 36.4 Å². The molecular weight excluding hydrogens is 366 g/mol. The van der Waals surface area contributed by atoms with Gasteiger partial charge in [-0.3, -0.25) is 10.00 Å². The normalized spacial score (nSPS) is 16.9. The molecule has 7 heteroatoms. The number of primary amides is 1. The summed E-state index contributed by atoms with van der Waals surface area (Å²) in [4.78, 5) is 13.1. The van der Waals surface area contributed by atoms with Crippen LogP contribution in [0, 0.1) is 0 Å². The van der Waals surface area contributed by atoms with E-state index in [-0.39, 0.29) is 5.41 Å². The molecule has 0 spiro atoms. The third-order valence-electron chi connectivity index (χ3n) is 5.05. The Balaban J connectivity index is 0.000000208. The molecule has 1 saturated heterocycles. The van der Waals surface area contributed by atoms with E-state index < -0.39 is 6.03 Å². The van der Waals surface area contributed by atoms with Crippen molar-refractivity contribution in [2.24, 2.45) is 12.8 Å². The molecule has 160 valence electrons. The molecule has 1 atom stereocenters. The highest BCUT2D eigenvalue weighted by Crippen LogP contribution is 2.26. The van der Waals surface area contributed by atoms with E-state index in [2.05, 4.69) is 66.4 Å². The smallest absolute Gasteiger partial charge is 0.317 e. The van der Waals surface area contributed by atoms with Gasteiger partial charge >= 0.3 is 6.03 Å². The molecule has 0 radical (unpaired) electrons. The fraction of sp³-hybridized carbons (Fsp3) is 0.545. The Morgan fingerprint density at radius 2 is 2.00 bits per heavy atom. The summed E-state index contributed by atoms with van der Waals surface area (Å²) in [6, 6.07) is 12.1. The number of urea groups is 1. The number of rotatable bonds is 5. The number of nitrogens with zero attached hydrogens (tertiary/aromatic N) is 3. The SMILES string of the molecule is COCCN1CCC(c2ccccc2)C1.Cn1nc(C(C)(C)C)cc1NC(N)=O. The molecule has 3 N–H and O–H groups in total. The number of benzene rings is 1. The van der Waals surface area contributed by atoms with E-state index in [1.165, 1.54) is 25.1 Å². The van der Waals surface area contributed by atoms with Crippen molar-refractivity contribution < 1.29 is 9.53 Å². The van der Waals surface area contributed by atoms with E-state index in [1.807, 2.05) is 6.07 Å². The van der Waals surface area contributed by atoms with Gasteiger partial charge in [-0.1, -0.05) is 51.1 Å². The Kier molecular flexibility index (Phi) is 8.22. The monoisotopic (exact) mass is 401 g/mol. The summed E-state index contributed by atoms with van der Waals surface area (Å²) in [7, 11) is 3.53. The molecule has 2 heterocycles. The summed E-state index contributed by atoms with van der Waals surface area (Å²) in [5.41, 5.74) is 7.39. The molecule has 1 fully saturated rings. The third-order valence-corrected chi connectivity index (χ3v) is 5.05. The summed E-state index contributed by atoms with van der Waals surface area (Å²) in [6.45, 7) is 10.5. The standard InChI is InChI=1S/C13H19NO.C9H16N4O/c1-15-10-9-14-8-7-13(11-14)12-5-3-2-4-6-12;1-9(2,3)6-5-7(11-8(10)14)13(4)12-6/h2-6,13H,7-11H2,1H3;5H,1-4H3,(H3,10,11,14). The predicted octanol–water partition coefficient (Wildman–Crippen LogP) is 3.33. The Morgan fingerprint density at radius 1 is 1.31 bits per heavy atom. The summed E-state index contributed by atoms with van der Waals surface area (Å²) in [5.74, 6) is 1.34. The van der Waals surface area contributed by atoms with Crippen LogP contribution in [0.25, 0.3) is 0 Å². The van der Waals surface area contributed by atoms with Crippen molar-refractivity contribution in [3.8, 4) is 0 Å². The zero-order valence-corrected chi connectivity index (χ0v) is 18.3. The summed E-state index contributed by atoms with van der Waals surface area (Å²) in [5, 5.41) is 6.79. The quantitative estimate of drug-likeness (QED) is 0.805. The maximum Gasteiger partial charge on any atom is 0.317 e. The van der Waals surface area contributed by atoms with Crippen LogP contribution in [-0.2, 0) is 17.2 Å². The van der Waals surface area contributed by atoms with Gasteiger partial charge in [-0.25, -0.2) is 4.79 Å². The van der Waals surface area contributed by atoms with E-state index in [9.17, 15) is 4.79 Å². The van der Waals surface area contributed by atoms with Crippen LogP contribution in [0.4, 0.5) is 10.6 Å². The van der Waals surface area contributed by atoms with Gasteiger partial charge in [0.05, 0.1) is 12.3 Å². The van der Waals surface area contributed by atoms with Gasteiger partial charge in [0.2, 0.25) is 0 Å². The maximum absolute atomic E-state index is 10.6. The number of hydrogen-bond donors (Lipinski definition) is 2. The topological polar surface area (TPSA) is 85.4 Å². The Hall–Kier alpha value is -2.38. The lowest BCUT2D eigenvalue weighted by Gasteiger charge is -2.15. The van der Waals surface area contributed by atoms with Gasteiger partial charge in [0.1, 0.15) is 5.82 Å². The molecule has 0 aliphatic carbocycles. The molecule has 7 nitrogen and oxygen atoms in total. The number of amides is 2. The van der Waals surface area contributed by atoms with E-state index in [0.29, 0.717) is 5.82 Å². The minimum absolute atomic E-state index is 0.0324. The second-order valence-electron chi connectivity index (χ2n) is 8.47. The van der Waals surface area contributed by atoms with Crippen molar-refractivity contribution in [1.82, 2.24) is 14.7 Å². The molecule has 1 aliphatic rings. The minimum Gasteiger partial charge on any atom is -0.383 e. The van der Waals surface area contributed by atoms with Crippen molar-refractivity contribution in [3.05, 3.63) is 47.7 Å². The lowest BCUT2D eigenvalue weighted by molar-refractivity contribution is 0.160. The number of carbonyl (C=O) groups excluding carboxylic acids is 1. The van der Waals surface area contributed by atoms with E-state index in [4.69, 9.17) is 10.5 Å². The van der Waals surface area contributed by atoms with Crippen LogP contribution in [0.3, 0.4) is 0 Å². The van der Waals surface area contributed by atoms with Gasteiger partial charge < -0.3 is 15.4 Å². The van der Waals surface area contributed by atoms with Crippen molar-refractivity contribution in [3.63, 3.8) is 0 Å². The maximum atomic E-state index is 10.6. The highest BCUT2D eigenvalue weighted by Gasteiger charge is 2.23. The molecule has 29 heavy (non-hydrogen) atoms. The molecule has 0 bridgehead atoms. The van der Waals surface area contributed by atoms with E-state index in [1.54, 1.807) is 18.8 Å². The molecule has 1 unspecified atom stereocenters. The second-order valence-corrected chi connectivity index (χ2v) is 8.47. The largest absolute Gasteiger partial charge is 0.383 e. The summed E-state index contributed by atoms with van der Waals surface area (Å²) < 4.78 is 6.71. The Labute approximate surface area is 174 Å². The molecule has 1 aromatic carbocycles. The first-order valence-corrected chi connectivity index (χ1v) is 10.1. The molecule has 1 aliphatic heterocycles. The number of carbonyl (C=O) groups is 1. The lowest BCUT2D eigenvalue weighted by Crippen LogP contribution is -2.24. The number of ether oxygens (including phenoxy) is 1. The average Bonchev–Trinajstić information content (AvgIpc) is 3.28. The average molecular weight is 402 g/mol. The number of likely N-dealkylation sites (tertiary alicyclic amines) is 1. The van der Waals surface area contributed by atoms with Crippen molar-refractivity contribution in [1.29, 1.82) is 0 Å². The van der Waals surface area contributed by atoms with Crippen LogP contribution in [0.2, 0.25) is 0 Å². The fourth-order valence-electron chi connectivity index (χ4n) is 3.33. The van der Waals surface area contributed by atoms with Crippen LogP contribution in [-0.4, -0.2) is 54.1 Å². The van der Waals surface area contributed by atoms with E-state index in [0.717, 1.165) is 24.8 Å². The van der Waals surface area contributed by atoms with Crippen LogP contribution < -0.4 is 11.1 Å². The number of methoxy groups -OCH3 is 1. The Morgan fingerprint density at radius 3 is 2.55 bits per heavy atom. The lowest BCUT2D eigenvalue weighted by atomic mass is 9.92. The zero-order valence-electron chi connectivity index (χ0n) is 18.3. The van der Waals surface area contributed by atoms with Crippen molar-refractivity contribution >= 4 is 11.8 Å². The van der Waals surface area contributed by atoms with Crippen molar-refractivity contribution in [2.75, 3.05) is 38.7 Å². The third kappa shape index (κ3) is 7.18. The van der Waals surface area contributed by atoms with Gasteiger partial charge in [-0.05, 0) is 24.4 Å². The number of aryl methyl sites for hydroxylation is 1. The second kappa shape index (κ2) is 10.4. The van der Waals surface area contributed by atoms with Gasteiger partial charge in [0.15, 0.2) is 0 Å². The molecule has 1 aromatic heterocycles. The first kappa shape index (κ1) is 22.9. The van der Waals surface area contributed by atoms with Crippen molar-refractivity contribution in [2.45, 2.75) is 38.5 Å². The molecular formula is C22H35N5O2. The number of anilines is 1. The van der Waals surface area contributed by atoms with E-state index >= 15 is 0 Å². The molecule has 2 amide bonds. The van der Waals surface area contributed by atoms with Gasteiger partial charge in [0, 0.05) is 38.7 Å². The van der Waals surface area contributed by atoms with Gasteiger partial charge in [-0.15, -0.1) is 0 Å². The highest BCUT2D eigenvalue weighted by atomic mass is 16.5. The van der Waals surface area contributed by atoms with Crippen LogP contribution in [0.1, 0.15) is 44.4 Å². The van der Waals surface area contributed by atoms with Crippen LogP contribution in [0.5, 0.6) is 0 Å².